The van der Waals surface area contributed by atoms with Crippen molar-refractivity contribution in [3.05, 3.63) is 69.0 Å². The summed E-state index contributed by atoms with van der Waals surface area (Å²) >= 11 is 4.39. The number of carbonyl (C=O) groups is 2. The van der Waals surface area contributed by atoms with E-state index in [-0.39, 0.29) is 11.1 Å². The Kier molecular flexibility index (Phi) is 6.16. The molecule has 0 N–H and O–H groups in total. The zero-order valence-corrected chi connectivity index (χ0v) is 16.7. The van der Waals surface area contributed by atoms with Crippen LogP contribution < -0.4 is 4.74 Å². The van der Waals surface area contributed by atoms with Crippen LogP contribution in [0, 0.1) is 0 Å². The van der Waals surface area contributed by atoms with Crippen molar-refractivity contribution in [3.63, 3.8) is 0 Å². The average molecular weight is 432 g/mol. The fourth-order valence-corrected chi connectivity index (χ4v) is 3.65. The molecule has 0 atom stereocenters. The van der Waals surface area contributed by atoms with Crippen LogP contribution in [-0.2, 0) is 11.4 Å². The summed E-state index contributed by atoms with van der Waals surface area (Å²) in [6.07, 6.45) is 2.48. The molecule has 0 unspecified atom stereocenters. The van der Waals surface area contributed by atoms with Crippen LogP contribution in [0.5, 0.6) is 5.75 Å². The monoisotopic (exact) mass is 431 g/mol. The minimum absolute atomic E-state index is 0.212. The van der Waals surface area contributed by atoms with Gasteiger partial charge in [0.05, 0.1) is 4.91 Å². The van der Waals surface area contributed by atoms with Crippen LogP contribution in [0.25, 0.3) is 6.08 Å². The smallest absolute Gasteiger partial charge is 0.293 e. The quantitative estimate of drug-likeness (QED) is 0.568. The number of hydrogen-bond donors (Lipinski definition) is 0. The number of hydrogen-bond acceptors (Lipinski definition) is 4. The molecule has 2 amide bonds. The molecule has 1 aliphatic heterocycles. The van der Waals surface area contributed by atoms with Crippen LogP contribution in [0.2, 0.25) is 0 Å². The van der Waals surface area contributed by atoms with Gasteiger partial charge >= 0.3 is 0 Å². The first-order valence-corrected chi connectivity index (χ1v) is 9.91. The maximum Gasteiger partial charge on any atom is 0.293 e. The highest BCUT2D eigenvalue weighted by Gasteiger charge is 2.34. The molecule has 0 bridgehead atoms. The van der Waals surface area contributed by atoms with E-state index in [4.69, 9.17) is 4.74 Å². The fraction of sp³-hybridized carbons (Fsp3) is 0.200. The molecular weight excluding hydrogens is 414 g/mol. The van der Waals surface area contributed by atoms with Crippen molar-refractivity contribution in [2.75, 3.05) is 6.54 Å². The number of imide groups is 1. The summed E-state index contributed by atoms with van der Waals surface area (Å²) in [7, 11) is 0. The number of thioether (sulfide) groups is 1. The van der Waals surface area contributed by atoms with Gasteiger partial charge in [-0.3, -0.25) is 14.5 Å². The number of amides is 2. The van der Waals surface area contributed by atoms with Crippen LogP contribution in [0.3, 0.4) is 0 Å². The van der Waals surface area contributed by atoms with E-state index in [2.05, 4.69) is 15.9 Å². The summed E-state index contributed by atoms with van der Waals surface area (Å²) in [5.41, 5.74) is 1.83. The molecule has 1 fully saturated rings. The van der Waals surface area contributed by atoms with Crippen LogP contribution in [-0.4, -0.2) is 22.6 Å². The standard InChI is InChI=1S/C20H18BrNO3S/c1-2-11-22-19(23)18(26-20(22)24)12-15-5-3-4-6-17(15)25-13-14-7-9-16(21)10-8-14/h3-10,12H,2,11,13H2,1H3/b18-12-. The van der Waals surface area contributed by atoms with E-state index >= 15 is 0 Å². The second-order valence-corrected chi connectivity index (χ2v) is 7.70. The summed E-state index contributed by atoms with van der Waals surface area (Å²) in [5, 5.41) is -0.212. The van der Waals surface area contributed by atoms with Gasteiger partial charge in [-0.25, -0.2) is 0 Å². The van der Waals surface area contributed by atoms with E-state index in [1.165, 1.54) is 4.90 Å². The highest BCUT2D eigenvalue weighted by Crippen LogP contribution is 2.34. The minimum atomic E-state index is -0.232. The first kappa shape index (κ1) is 18.7. The van der Waals surface area contributed by atoms with Gasteiger partial charge in [0.2, 0.25) is 0 Å². The van der Waals surface area contributed by atoms with E-state index in [0.717, 1.165) is 33.8 Å². The fourth-order valence-electron chi connectivity index (χ4n) is 2.53. The molecular formula is C20H18BrNO3S. The van der Waals surface area contributed by atoms with Crippen LogP contribution >= 0.6 is 27.7 Å². The van der Waals surface area contributed by atoms with Gasteiger partial charge in [0.1, 0.15) is 12.4 Å². The van der Waals surface area contributed by atoms with E-state index in [9.17, 15) is 9.59 Å². The Labute approximate surface area is 165 Å². The van der Waals surface area contributed by atoms with Gasteiger partial charge in [0.15, 0.2) is 0 Å². The predicted octanol–water partition coefficient (Wildman–Crippen LogP) is 5.47. The van der Waals surface area contributed by atoms with E-state index < -0.39 is 0 Å². The molecule has 26 heavy (non-hydrogen) atoms. The van der Waals surface area contributed by atoms with Gasteiger partial charge < -0.3 is 4.74 Å². The predicted molar refractivity (Wildman–Crippen MR) is 108 cm³/mol. The minimum Gasteiger partial charge on any atom is -0.488 e. The number of carbonyl (C=O) groups excluding carboxylic acids is 2. The Morgan fingerprint density at radius 1 is 1.12 bits per heavy atom. The van der Waals surface area contributed by atoms with Gasteiger partial charge in [-0.1, -0.05) is 53.2 Å². The second-order valence-electron chi connectivity index (χ2n) is 5.79. The number of para-hydroxylation sites is 1. The molecule has 0 saturated carbocycles. The second kappa shape index (κ2) is 8.56. The number of halogens is 1. The number of nitrogens with zero attached hydrogens (tertiary/aromatic N) is 1. The zero-order chi connectivity index (χ0) is 18.5. The lowest BCUT2D eigenvalue weighted by Gasteiger charge is -2.11. The number of benzene rings is 2. The van der Waals surface area contributed by atoms with Gasteiger partial charge in [0.25, 0.3) is 11.1 Å². The molecule has 1 heterocycles. The zero-order valence-electron chi connectivity index (χ0n) is 14.3. The molecule has 4 nitrogen and oxygen atoms in total. The van der Waals surface area contributed by atoms with Gasteiger partial charge in [-0.15, -0.1) is 0 Å². The van der Waals surface area contributed by atoms with Crippen molar-refractivity contribution in [2.45, 2.75) is 20.0 Å². The molecule has 0 aromatic heterocycles. The number of rotatable bonds is 6. The molecule has 3 rings (SSSR count). The third-order valence-corrected chi connectivity index (χ3v) is 5.27. The van der Waals surface area contributed by atoms with Crippen molar-refractivity contribution in [1.82, 2.24) is 4.90 Å². The molecule has 2 aromatic rings. The Balaban J connectivity index is 1.78. The van der Waals surface area contributed by atoms with Crippen molar-refractivity contribution in [3.8, 4) is 5.75 Å². The molecule has 6 heteroatoms. The topological polar surface area (TPSA) is 46.6 Å². The Hall–Kier alpha value is -2.05. The molecule has 1 saturated heterocycles. The Bertz CT molecular complexity index is 848. The first-order chi connectivity index (χ1) is 12.6. The molecule has 0 spiro atoms. The number of ether oxygens (including phenoxy) is 1. The molecule has 134 valence electrons. The van der Waals surface area contributed by atoms with E-state index in [0.29, 0.717) is 23.8 Å². The third-order valence-electron chi connectivity index (χ3n) is 3.83. The lowest BCUT2D eigenvalue weighted by Crippen LogP contribution is -2.28. The van der Waals surface area contributed by atoms with Crippen molar-refractivity contribution in [1.29, 1.82) is 0 Å². The lowest BCUT2D eigenvalue weighted by molar-refractivity contribution is -0.122. The lowest BCUT2D eigenvalue weighted by atomic mass is 10.1. The summed E-state index contributed by atoms with van der Waals surface area (Å²) in [6.45, 7) is 2.82. The van der Waals surface area contributed by atoms with Crippen LogP contribution in [0.1, 0.15) is 24.5 Å². The maximum absolute atomic E-state index is 12.4. The van der Waals surface area contributed by atoms with E-state index in [1.807, 2.05) is 55.5 Å². The van der Waals surface area contributed by atoms with Crippen molar-refractivity contribution in [2.24, 2.45) is 0 Å². The maximum atomic E-state index is 12.4. The Morgan fingerprint density at radius 2 is 1.85 bits per heavy atom. The van der Waals surface area contributed by atoms with E-state index in [1.54, 1.807) is 6.08 Å². The van der Waals surface area contributed by atoms with Crippen LogP contribution in [0.4, 0.5) is 4.79 Å². The Morgan fingerprint density at radius 3 is 2.58 bits per heavy atom. The van der Waals surface area contributed by atoms with Crippen molar-refractivity contribution >= 4 is 44.9 Å². The normalized spacial score (nSPS) is 15.8. The SMILES string of the molecule is CCCN1C(=O)S/C(=C\c2ccccc2OCc2ccc(Br)cc2)C1=O. The molecule has 1 aliphatic rings. The molecule has 0 radical (unpaired) electrons. The summed E-state index contributed by atoms with van der Waals surface area (Å²) in [6, 6.07) is 15.4. The average Bonchev–Trinajstić information content (AvgIpc) is 2.90. The van der Waals surface area contributed by atoms with Gasteiger partial charge in [0, 0.05) is 16.6 Å². The highest BCUT2D eigenvalue weighted by molar-refractivity contribution is 9.10. The summed E-state index contributed by atoms with van der Waals surface area (Å²) < 4.78 is 6.95. The third kappa shape index (κ3) is 4.37. The summed E-state index contributed by atoms with van der Waals surface area (Å²) in [4.78, 5) is 26.1. The largest absolute Gasteiger partial charge is 0.488 e. The summed E-state index contributed by atoms with van der Waals surface area (Å²) in [5.74, 6) is 0.447. The van der Waals surface area contributed by atoms with Crippen molar-refractivity contribution < 1.29 is 14.3 Å². The van der Waals surface area contributed by atoms with Crippen LogP contribution in [0.15, 0.2) is 57.9 Å². The molecule has 2 aromatic carbocycles. The van der Waals surface area contributed by atoms with Gasteiger partial charge in [-0.2, -0.15) is 0 Å². The highest BCUT2D eigenvalue weighted by atomic mass is 79.9. The molecule has 0 aliphatic carbocycles. The van der Waals surface area contributed by atoms with Gasteiger partial charge in [-0.05, 0) is 48.0 Å². The first-order valence-electron chi connectivity index (χ1n) is 8.30.